The van der Waals surface area contributed by atoms with Gasteiger partial charge in [-0.15, -0.1) is 0 Å². The Hall–Kier alpha value is -1.63. The van der Waals surface area contributed by atoms with E-state index in [0.717, 1.165) is 18.9 Å². The molecule has 1 fully saturated rings. The summed E-state index contributed by atoms with van der Waals surface area (Å²) in [6, 6.07) is 3.63. The molecule has 0 saturated heterocycles. The molecule has 1 aliphatic carbocycles. The summed E-state index contributed by atoms with van der Waals surface area (Å²) in [7, 11) is -3.77. The zero-order valence-corrected chi connectivity index (χ0v) is 12.1. The van der Waals surface area contributed by atoms with E-state index >= 15 is 0 Å². The number of nitrogens with one attached hydrogen (secondary N) is 2. The van der Waals surface area contributed by atoms with Gasteiger partial charge in [-0.05, 0) is 37.0 Å². The molecule has 1 saturated carbocycles. The molecule has 0 amide bonds. The van der Waals surface area contributed by atoms with E-state index in [9.17, 15) is 12.8 Å². The van der Waals surface area contributed by atoms with Gasteiger partial charge >= 0.3 is 0 Å². The number of nitrogens with zero attached hydrogens (tertiary/aromatic N) is 1. The molecule has 2 N–H and O–H groups in total. The summed E-state index contributed by atoms with van der Waals surface area (Å²) in [5.41, 5.74) is 0.172. The molecule has 108 valence electrons. The van der Waals surface area contributed by atoms with E-state index in [-0.39, 0.29) is 16.4 Å². The van der Waals surface area contributed by atoms with Crippen molar-refractivity contribution in [3.63, 3.8) is 0 Å². The molecule has 0 aromatic heterocycles. The van der Waals surface area contributed by atoms with E-state index < -0.39 is 15.8 Å². The molecule has 1 heterocycles. The minimum Gasteiger partial charge on any atom is -0.324 e. The number of hydrogen-bond acceptors (Lipinski definition) is 3. The Bertz CT molecular complexity index is 694. The van der Waals surface area contributed by atoms with E-state index in [2.05, 4.69) is 28.9 Å². The quantitative estimate of drug-likeness (QED) is 0.878. The highest BCUT2D eigenvalue weighted by Gasteiger charge is 2.46. The van der Waals surface area contributed by atoms with Crippen LogP contribution < -0.4 is 10.0 Å². The second-order valence-corrected chi connectivity index (χ2v) is 7.24. The molecule has 1 aliphatic heterocycles. The lowest BCUT2D eigenvalue weighted by molar-refractivity contribution is 0.480. The van der Waals surface area contributed by atoms with E-state index in [1.807, 2.05) is 0 Å². The monoisotopic (exact) mass is 297 g/mol. The van der Waals surface area contributed by atoms with Crippen LogP contribution in [0.15, 0.2) is 28.1 Å². The first-order valence-corrected chi connectivity index (χ1v) is 8.00. The van der Waals surface area contributed by atoms with Crippen LogP contribution in [0.1, 0.15) is 26.7 Å². The fraction of sp³-hybridized carbons (Fsp3) is 0.462. The lowest BCUT2D eigenvalue weighted by Gasteiger charge is -2.24. The van der Waals surface area contributed by atoms with Crippen molar-refractivity contribution in [2.24, 2.45) is 10.9 Å². The lowest BCUT2D eigenvalue weighted by atomic mass is 10.0. The smallest absolute Gasteiger partial charge is 0.266 e. The third-order valence-electron chi connectivity index (χ3n) is 3.89. The van der Waals surface area contributed by atoms with Crippen LogP contribution in [0.25, 0.3) is 0 Å². The molecule has 1 aromatic rings. The average Bonchev–Trinajstić information content (AvgIpc) is 3.10. The number of benzene rings is 1. The average molecular weight is 297 g/mol. The number of hydrogen-bond donors (Lipinski definition) is 2. The number of halogens is 1. The Morgan fingerprint density at radius 2 is 2.05 bits per heavy atom. The summed E-state index contributed by atoms with van der Waals surface area (Å²) in [4.78, 5) is 4.43. The van der Waals surface area contributed by atoms with Crippen molar-refractivity contribution < 1.29 is 12.8 Å². The number of sulfonamides is 1. The molecule has 0 spiro atoms. The molecular formula is C13H16FN3O2S. The third-order valence-corrected chi connectivity index (χ3v) is 5.27. The Morgan fingerprint density at radius 1 is 1.35 bits per heavy atom. The van der Waals surface area contributed by atoms with Crippen LogP contribution in [0.3, 0.4) is 0 Å². The first-order chi connectivity index (χ1) is 9.32. The van der Waals surface area contributed by atoms with Gasteiger partial charge in [-0.25, -0.2) is 22.5 Å². The lowest BCUT2D eigenvalue weighted by Crippen LogP contribution is -2.42. The fourth-order valence-corrected chi connectivity index (χ4v) is 3.51. The molecule has 3 rings (SSSR count). The normalized spacial score (nSPS) is 23.9. The van der Waals surface area contributed by atoms with Crippen molar-refractivity contribution in [3.8, 4) is 0 Å². The van der Waals surface area contributed by atoms with Gasteiger partial charge in [0.2, 0.25) is 5.96 Å². The molecule has 2 aliphatic rings. The van der Waals surface area contributed by atoms with E-state index in [1.54, 1.807) is 0 Å². The Morgan fingerprint density at radius 3 is 2.65 bits per heavy atom. The van der Waals surface area contributed by atoms with Crippen LogP contribution in [0, 0.1) is 11.7 Å². The Labute approximate surface area is 117 Å². The predicted molar refractivity (Wildman–Crippen MR) is 74.6 cm³/mol. The van der Waals surface area contributed by atoms with E-state index in [4.69, 9.17) is 0 Å². The number of anilines is 1. The van der Waals surface area contributed by atoms with Gasteiger partial charge in [0.25, 0.3) is 10.0 Å². The zero-order chi connectivity index (χ0) is 14.5. The van der Waals surface area contributed by atoms with Gasteiger partial charge in [-0.3, -0.25) is 0 Å². The minimum absolute atomic E-state index is 0.0918. The second kappa shape index (κ2) is 4.18. The maximum Gasteiger partial charge on any atom is 0.266 e. The molecule has 0 unspecified atom stereocenters. The molecule has 5 nitrogen and oxygen atoms in total. The van der Waals surface area contributed by atoms with Crippen molar-refractivity contribution >= 4 is 21.7 Å². The summed E-state index contributed by atoms with van der Waals surface area (Å²) in [6.45, 7) is 4.13. The van der Waals surface area contributed by atoms with Crippen LogP contribution in [-0.4, -0.2) is 19.9 Å². The second-order valence-electron chi connectivity index (χ2n) is 5.59. The first-order valence-electron chi connectivity index (χ1n) is 6.52. The van der Waals surface area contributed by atoms with Gasteiger partial charge in [0.05, 0.1) is 11.2 Å². The SMILES string of the molecule is CC(C)C1(N=C2Nc3ccc(F)cc3S(=O)(=O)N2)CC1. The van der Waals surface area contributed by atoms with Gasteiger partial charge in [0.1, 0.15) is 10.7 Å². The number of guanidine groups is 1. The Kier molecular flexibility index (Phi) is 2.79. The molecule has 20 heavy (non-hydrogen) atoms. The zero-order valence-electron chi connectivity index (χ0n) is 11.3. The van der Waals surface area contributed by atoms with Crippen LogP contribution >= 0.6 is 0 Å². The van der Waals surface area contributed by atoms with Gasteiger partial charge in [-0.2, -0.15) is 0 Å². The largest absolute Gasteiger partial charge is 0.324 e. The number of fused-ring (bicyclic) bond motifs is 1. The highest BCUT2D eigenvalue weighted by Crippen LogP contribution is 2.46. The van der Waals surface area contributed by atoms with Crippen LogP contribution in [-0.2, 0) is 10.0 Å². The molecule has 1 aromatic carbocycles. The van der Waals surface area contributed by atoms with Gasteiger partial charge in [-0.1, -0.05) is 13.8 Å². The van der Waals surface area contributed by atoms with Crippen molar-refractivity contribution in [1.29, 1.82) is 0 Å². The van der Waals surface area contributed by atoms with Crippen molar-refractivity contribution in [3.05, 3.63) is 24.0 Å². The molecule has 7 heteroatoms. The minimum atomic E-state index is -3.77. The predicted octanol–water partition coefficient (Wildman–Crippen LogP) is 2.07. The molecule has 0 atom stereocenters. The van der Waals surface area contributed by atoms with Crippen LogP contribution in [0.2, 0.25) is 0 Å². The highest BCUT2D eigenvalue weighted by molar-refractivity contribution is 7.90. The number of aliphatic imine (C=N–C) groups is 1. The van der Waals surface area contributed by atoms with Crippen molar-refractivity contribution in [2.75, 3.05) is 5.32 Å². The summed E-state index contributed by atoms with van der Waals surface area (Å²) >= 11 is 0. The van der Waals surface area contributed by atoms with Crippen molar-refractivity contribution in [1.82, 2.24) is 4.72 Å². The maximum atomic E-state index is 13.2. The number of rotatable bonds is 2. The third kappa shape index (κ3) is 2.15. The van der Waals surface area contributed by atoms with E-state index in [1.165, 1.54) is 12.1 Å². The summed E-state index contributed by atoms with van der Waals surface area (Å²) in [5, 5.41) is 2.92. The fourth-order valence-electron chi connectivity index (χ4n) is 2.38. The molecule has 0 radical (unpaired) electrons. The van der Waals surface area contributed by atoms with Gasteiger partial charge in [0, 0.05) is 0 Å². The standard InChI is InChI=1S/C13H16FN3O2S/c1-8(2)13(5-6-13)16-12-15-10-4-3-9(14)7-11(10)20(18,19)17-12/h3-4,7-8H,5-6H2,1-2H3,(H2,15,16,17). The van der Waals surface area contributed by atoms with E-state index in [0.29, 0.717) is 11.6 Å². The van der Waals surface area contributed by atoms with Crippen molar-refractivity contribution in [2.45, 2.75) is 37.1 Å². The molecular weight excluding hydrogens is 281 g/mol. The summed E-state index contributed by atoms with van der Waals surface area (Å²) < 4.78 is 39.8. The van der Waals surface area contributed by atoms with Gasteiger partial charge < -0.3 is 5.32 Å². The van der Waals surface area contributed by atoms with Crippen LogP contribution in [0.4, 0.5) is 10.1 Å². The summed E-state index contributed by atoms with van der Waals surface area (Å²) in [5.74, 6) is -0.0246. The van der Waals surface area contributed by atoms with Crippen LogP contribution in [0.5, 0.6) is 0 Å². The first kappa shape index (κ1) is 13.4. The van der Waals surface area contributed by atoms with Gasteiger partial charge in [0.15, 0.2) is 0 Å². The maximum absolute atomic E-state index is 13.2. The topological polar surface area (TPSA) is 70.6 Å². The Balaban J connectivity index is 2.01. The summed E-state index contributed by atoms with van der Waals surface area (Å²) in [6.07, 6.45) is 1.90. The highest BCUT2D eigenvalue weighted by atomic mass is 32.2. The molecule has 0 bridgehead atoms.